The predicted octanol–water partition coefficient (Wildman–Crippen LogP) is 0.310. The summed E-state index contributed by atoms with van der Waals surface area (Å²) in [6, 6.07) is 9.83. The molecule has 20 heavy (non-hydrogen) atoms. The van der Waals surface area contributed by atoms with Crippen LogP contribution in [-0.4, -0.2) is 53.1 Å². The highest BCUT2D eigenvalue weighted by Gasteiger charge is 2.14. The lowest BCUT2D eigenvalue weighted by Crippen LogP contribution is -2.28. The summed E-state index contributed by atoms with van der Waals surface area (Å²) in [6.07, 6.45) is 0. The molecule has 1 fully saturated rings. The minimum Gasteiger partial charge on any atom is -0.380 e. The van der Waals surface area contributed by atoms with Crippen LogP contribution in [0.4, 0.5) is 5.95 Å². The number of rotatable bonds is 4. The lowest BCUT2D eigenvalue weighted by atomic mass is 10.1. The number of nitrogens with zero attached hydrogens (tertiary/aromatic N) is 4. The lowest BCUT2D eigenvalue weighted by Gasteiger charge is -2.14. The maximum Gasteiger partial charge on any atom is 0.247 e. The van der Waals surface area contributed by atoms with Crippen molar-refractivity contribution in [3.05, 3.63) is 30.3 Å². The van der Waals surface area contributed by atoms with Gasteiger partial charge in [-0.25, -0.2) is 0 Å². The molecule has 1 aromatic heterocycles. The van der Waals surface area contributed by atoms with Gasteiger partial charge in [-0.05, 0) is 22.6 Å². The van der Waals surface area contributed by atoms with Crippen LogP contribution in [0.2, 0.25) is 0 Å². The second-order valence-corrected chi connectivity index (χ2v) is 4.78. The van der Waals surface area contributed by atoms with E-state index >= 15 is 0 Å². The van der Waals surface area contributed by atoms with E-state index in [1.165, 1.54) is 0 Å². The Kier molecular flexibility index (Phi) is 4.19. The van der Waals surface area contributed by atoms with E-state index in [-0.39, 0.29) is 0 Å². The van der Waals surface area contributed by atoms with Crippen molar-refractivity contribution in [3.8, 4) is 5.69 Å². The first-order valence-corrected chi connectivity index (χ1v) is 6.79. The van der Waals surface area contributed by atoms with Crippen LogP contribution >= 0.6 is 0 Å². The van der Waals surface area contributed by atoms with Crippen LogP contribution in [0.3, 0.4) is 0 Å². The van der Waals surface area contributed by atoms with E-state index in [1.54, 1.807) is 4.68 Å². The Morgan fingerprint density at radius 2 is 2.25 bits per heavy atom. The van der Waals surface area contributed by atoms with Crippen LogP contribution in [0.15, 0.2) is 30.3 Å². The molecule has 0 spiro atoms. The topological polar surface area (TPSA) is 76.9 Å². The maximum atomic E-state index is 5.53. The van der Waals surface area contributed by atoms with Gasteiger partial charge in [0, 0.05) is 25.6 Å². The van der Waals surface area contributed by atoms with E-state index in [0.29, 0.717) is 11.9 Å². The van der Waals surface area contributed by atoms with Crippen molar-refractivity contribution in [3.63, 3.8) is 0 Å². The van der Waals surface area contributed by atoms with Crippen LogP contribution in [0.25, 0.3) is 5.69 Å². The standard InChI is InChI=1S/C13H18N6O/c1-2-4-12(5-3-1)19-13(16-17-18-19)15-9-11-8-14-6-7-20-10-11/h1-5,11,14H,6-10H2,(H,15,16,18)/t11-/m1/s1. The SMILES string of the molecule is c1ccc(-n2nnnc2NC[C@H]2CNCCOC2)cc1. The third-order valence-electron chi connectivity index (χ3n) is 3.23. The zero-order valence-electron chi connectivity index (χ0n) is 11.2. The van der Waals surface area contributed by atoms with E-state index in [0.717, 1.165) is 38.5 Å². The molecule has 2 heterocycles. The van der Waals surface area contributed by atoms with Crippen molar-refractivity contribution in [2.75, 3.05) is 38.2 Å². The number of para-hydroxylation sites is 1. The van der Waals surface area contributed by atoms with Crippen molar-refractivity contribution < 1.29 is 4.74 Å². The molecule has 1 atom stereocenters. The molecule has 106 valence electrons. The van der Waals surface area contributed by atoms with Crippen molar-refractivity contribution in [1.82, 2.24) is 25.5 Å². The highest BCUT2D eigenvalue weighted by atomic mass is 16.5. The summed E-state index contributed by atoms with van der Waals surface area (Å²) in [5.74, 6) is 1.07. The second kappa shape index (κ2) is 6.44. The van der Waals surface area contributed by atoms with Gasteiger partial charge in [0.1, 0.15) is 0 Å². The van der Waals surface area contributed by atoms with Gasteiger partial charge in [-0.1, -0.05) is 23.3 Å². The Morgan fingerprint density at radius 3 is 3.15 bits per heavy atom. The third-order valence-corrected chi connectivity index (χ3v) is 3.23. The van der Waals surface area contributed by atoms with Gasteiger partial charge >= 0.3 is 0 Å². The van der Waals surface area contributed by atoms with Gasteiger partial charge in [0.15, 0.2) is 0 Å². The summed E-state index contributed by atoms with van der Waals surface area (Å²) >= 11 is 0. The third kappa shape index (κ3) is 3.12. The van der Waals surface area contributed by atoms with Gasteiger partial charge in [0.25, 0.3) is 0 Å². The van der Waals surface area contributed by atoms with Crippen molar-refractivity contribution in [2.24, 2.45) is 5.92 Å². The quantitative estimate of drug-likeness (QED) is 0.835. The summed E-state index contributed by atoms with van der Waals surface area (Å²) in [4.78, 5) is 0. The Bertz CT molecular complexity index is 521. The molecule has 2 aromatic rings. The van der Waals surface area contributed by atoms with Crippen LogP contribution in [0.5, 0.6) is 0 Å². The van der Waals surface area contributed by atoms with Crippen molar-refractivity contribution in [2.45, 2.75) is 0 Å². The molecule has 1 aromatic carbocycles. The average Bonchev–Trinajstić information content (AvgIpc) is 2.81. The fourth-order valence-electron chi connectivity index (χ4n) is 2.17. The molecule has 7 heteroatoms. The molecule has 0 amide bonds. The summed E-state index contributed by atoms with van der Waals surface area (Å²) in [5, 5.41) is 18.4. The molecule has 0 unspecified atom stereocenters. The zero-order chi connectivity index (χ0) is 13.6. The summed E-state index contributed by atoms with van der Waals surface area (Å²) in [6.45, 7) is 4.17. The summed E-state index contributed by atoms with van der Waals surface area (Å²) < 4.78 is 7.23. The fraction of sp³-hybridized carbons (Fsp3) is 0.462. The zero-order valence-corrected chi connectivity index (χ0v) is 11.2. The Labute approximate surface area is 117 Å². The molecule has 2 N–H and O–H groups in total. The van der Waals surface area contributed by atoms with Gasteiger partial charge in [-0.3, -0.25) is 0 Å². The first-order valence-electron chi connectivity index (χ1n) is 6.79. The molecular weight excluding hydrogens is 256 g/mol. The number of aromatic nitrogens is 4. The smallest absolute Gasteiger partial charge is 0.247 e. The molecule has 1 aliphatic heterocycles. The first kappa shape index (κ1) is 13.0. The number of tetrazole rings is 1. The summed E-state index contributed by atoms with van der Waals surface area (Å²) in [5.41, 5.74) is 0.940. The molecule has 0 aliphatic carbocycles. The Hall–Kier alpha value is -1.99. The molecule has 7 nitrogen and oxygen atoms in total. The van der Waals surface area contributed by atoms with Gasteiger partial charge in [0.05, 0.1) is 18.9 Å². The van der Waals surface area contributed by atoms with E-state index in [4.69, 9.17) is 4.74 Å². The monoisotopic (exact) mass is 274 g/mol. The highest BCUT2D eigenvalue weighted by Crippen LogP contribution is 2.11. The van der Waals surface area contributed by atoms with Crippen molar-refractivity contribution in [1.29, 1.82) is 0 Å². The number of hydrogen-bond donors (Lipinski definition) is 2. The fourth-order valence-corrected chi connectivity index (χ4v) is 2.17. The average molecular weight is 274 g/mol. The number of hydrogen-bond acceptors (Lipinski definition) is 6. The highest BCUT2D eigenvalue weighted by molar-refractivity contribution is 5.38. The number of nitrogens with one attached hydrogen (secondary N) is 2. The number of anilines is 1. The van der Waals surface area contributed by atoms with Gasteiger partial charge in [-0.2, -0.15) is 4.68 Å². The van der Waals surface area contributed by atoms with Crippen LogP contribution in [0.1, 0.15) is 0 Å². The van der Waals surface area contributed by atoms with Crippen LogP contribution in [0, 0.1) is 5.92 Å². The maximum absolute atomic E-state index is 5.53. The van der Waals surface area contributed by atoms with Crippen LogP contribution in [-0.2, 0) is 4.74 Å². The van der Waals surface area contributed by atoms with E-state index < -0.39 is 0 Å². The largest absolute Gasteiger partial charge is 0.380 e. The molecule has 3 rings (SSSR count). The number of ether oxygens (including phenoxy) is 1. The summed E-state index contributed by atoms with van der Waals surface area (Å²) in [7, 11) is 0. The normalized spacial score (nSPS) is 19.5. The Morgan fingerprint density at radius 1 is 1.35 bits per heavy atom. The number of benzene rings is 1. The molecule has 0 radical (unpaired) electrons. The van der Waals surface area contributed by atoms with Crippen molar-refractivity contribution >= 4 is 5.95 Å². The van der Waals surface area contributed by atoms with E-state index in [9.17, 15) is 0 Å². The van der Waals surface area contributed by atoms with Gasteiger partial charge in [0.2, 0.25) is 5.95 Å². The van der Waals surface area contributed by atoms with Gasteiger partial charge in [-0.15, -0.1) is 0 Å². The molecule has 1 aliphatic rings. The first-order chi connectivity index (χ1) is 9.93. The second-order valence-electron chi connectivity index (χ2n) is 4.78. The molecule has 1 saturated heterocycles. The van der Waals surface area contributed by atoms with E-state index in [1.807, 2.05) is 30.3 Å². The minimum absolute atomic E-state index is 0.415. The minimum atomic E-state index is 0.415. The van der Waals surface area contributed by atoms with E-state index in [2.05, 4.69) is 26.2 Å². The molecular formula is C13H18N6O. The molecule has 0 saturated carbocycles. The Balaban J connectivity index is 1.65. The lowest BCUT2D eigenvalue weighted by molar-refractivity contribution is 0.127. The predicted molar refractivity (Wildman–Crippen MR) is 74.8 cm³/mol. The van der Waals surface area contributed by atoms with Crippen LogP contribution < -0.4 is 10.6 Å². The van der Waals surface area contributed by atoms with Gasteiger partial charge < -0.3 is 15.4 Å². The molecule has 0 bridgehead atoms.